The SMILES string of the molecule is CC1CC(C)CN(C(=O)NC(=O)c2ccc(Cl)cc2)C1. The van der Waals surface area contributed by atoms with Crippen molar-refractivity contribution in [1.82, 2.24) is 10.2 Å². The van der Waals surface area contributed by atoms with Crippen molar-refractivity contribution in [1.29, 1.82) is 0 Å². The van der Waals surface area contributed by atoms with Crippen LogP contribution in [0.25, 0.3) is 0 Å². The summed E-state index contributed by atoms with van der Waals surface area (Å²) in [6.45, 7) is 5.64. The predicted octanol–water partition coefficient (Wildman–Crippen LogP) is 3.17. The minimum absolute atomic E-state index is 0.316. The fraction of sp³-hybridized carbons (Fsp3) is 0.467. The second-order valence-corrected chi connectivity index (χ2v) is 6.05. The molecule has 4 nitrogen and oxygen atoms in total. The summed E-state index contributed by atoms with van der Waals surface area (Å²) in [5.74, 6) is 0.544. The van der Waals surface area contributed by atoms with Gasteiger partial charge in [-0.1, -0.05) is 25.4 Å². The maximum Gasteiger partial charge on any atom is 0.324 e. The van der Waals surface area contributed by atoms with E-state index in [0.29, 0.717) is 35.5 Å². The molecule has 108 valence electrons. The highest BCUT2D eigenvalue weighted by molar-refractivity contribution is 6.30. The molecule has 3 amide bonds. The number of benzene rings is 1. The van der Waals surface area contributed by atoms with Crippen molar-refractivity contribution < 1.29 is 9.59 Å². The van der Waals surface area contributed by atoms with Crippen LogP contribution >= 0.6 is 11.6 Å². The van der Waals surface area contributed by atoms with Gasteiger partial charge in [0.25, 0.3) is 5.91 Å². The summed E-state index contributed by atoms with van der Waals surface area (Å²) in [5.41, 5.74) is 0.431. The van der Waals surface area contributed by atoms with Crippen LogP contribution in [0.4, 0.5) is 4.79 Å². The van der Waals surface area contributed by atoms with Crippen LogP contribution in [0.5, 0.6) is 0 Å². The number of halogens is 1. The quantitative estimate of drug-likeness (QED) is 0.865. The van der Waals surface area contributed by atoms with Gasteiger partial charge >= 0.3 is 6.03 Å². The first kappa shape index (κ1) is 14.9. The molecule has 1 heterocycles. The van der Waals surface area contributed by atoms with E-state index < -0.39 is 5.91 Å². The van der Waals surface area contributed by atoms with Crippen LogP contribution in [0.15, 0.2) is 24.3 Å². The molecule has 1 N–H and O–H groups in total. The zero-order valence-electron chi connectivity index (χ0n) is 11.7. The van der Waals surface area contributed by atoms with E-state index in [0.717, 1.165) is 6.42 Å². The highest BCUT2D eigenvalue weighted by atomic mass is 35.5. The summed E-state index contributed by atoms with van der Waals surface area (Å²) in [7, 11) is 0. The standard InChI is InChI=1S/C15H19ClN2O2/c1-10-7-11(2)9-18(8-10)15(20)17-14(19)12-3-5-13(16)6-4-12/h3-6,10-11H,7-9H2,1-2H3,(H,17,19,20). The van der Waals surface area contributed by atoms with Crippen LogP contribution in [-0.4, -0.2) is 29.9 Å². The molecule has 2 rings (SSSR count). The lowest BCUT2D eigenvalue weighted by atomic mass is 9.92. The van der Waals surface area contributed by atoms with Crippen molar-refractivity contribution in [2.24, 2.45) is 11.8 Å². The maximum atomic E-state index is 12.1. The Morgan fingerprint density at radius 3 is 2.25 bits per heavy atom. The lowest BCUT2D eigenvalue weighted by Crippen LogP contribution is -2.49. The minimum Gasteiger partial charge on any atom is -0.324 e. The van der Waals surface area contributed by atoms with Crippen molar-refractivity contribution in [3.8, 4) is 0 Å². The first-order valence-corrected chi connectivity index (χ1v) is 7.19. The van der Waals surface area contributed by atoms with Gasteiger partial charge in [0.05, 0.1) is 0 Å². The van der Waals surface area contributed by atoms with Crippen LogP contribution in [0.1, 0.15) is 30.6 Å². The Bertz CT molecular complexity index is 491. The van der Waals surface area contributed by atoms with Crippen molar-refractivity contribution in [3.05, 3.63) is 34.9 Å². The Balaban J connectivity index is 1.97. The van der Waals surface area contributed by atoms with E-state index in [9.17, 15) is 9.59 Å². The number of carbonyl (C=O) groups excluding carboxylic acids is 2. The average Bonchev–Trinajstić information content (AvgIpc) is 2.38. The maximum absolute atomic E-state index is 12.1. The number of nitrogens with zero attached hydrogens (tertiary/aromatic N) is 1. The fourth-order valence-corrected chi connectivity index (χ4v) is 2.80. The number of carbonyl (C=O) groups is 2. The molecule has 0 spiro atoms. The van der Waals surface area contributed by atoms with Gasteiger partial charge in [0.2, 0.25) is 0 Å². The molecule has 0 aromatic heterocycles. The second kappa shape index (κ2) is 6.27. The van der Waals surface area contributed by atoms with Crippen LogP contribution in [-0.2, 0) is 0 Å². The largest absolute Gasteiger partial charge is 0.324 e. The van der Waals surface area contributed by atoms with Crippen LogP contribution < -0.4 is 5.32 Å². The number of hydrogen-bond donors (Lipinski definition) is 1. The highest BCUT2D eigenvalue weighted by Gasteiger charge is 2.26. The van der Waals surface area contributed by atoms with Crippen molar-refractivity contribution >= 4 is 23.5 Å². The normalized spacial score (nSPS) is 22.4. The van der Waals surface area contributed by atoms with Gasteiger partial charge in [0, 0.05) is 23.7 Å². The number of rotatable bonds is 1. The van der Waals surface area contributed by atoms with E-state index in [4.69, 9.17) is 11.6 Å². The van der Waals surface area contributed by atoms with E-state index in [1.165, 1.54) is 0 Å². The third-order valence-electron chi connectivity index (χ3n) is 3.48. The van der Waals surface area contributed by atoms with Gasteiger partial charge < -0.3 is 4.90 Å². The monoisotopic (exact) mass is 294 g/mol. The van der Waals surface area contributed by atoms with Gasteiger partial charge in [0.15, 0.2) is 0 Å². The van der Waals surface area contributed by atoms with E-state index in [2.05, 4.69) is 19.2 Å². The summed E-state index contributed by atoms with van der Waals surface area (Å²) in [4.78, 5) is 25.8. The summed E-state index contributed by atoms with van der Waals surface area (Å²) >= 11 is 5.77. The second-order valence-electron chi connectivity index (χ2n) is 5.62. The van der Waals surface area contributed by atoms with Crippen molar-refractivity contribution in [2.75, 3.05) is 13.1 Å². The molecule has 0 radical (unpaired) electrons. The summed E-state index contributed by atoms with van der Waals surface area (Å²) in [6, 6.07) is 6.15. The Kier molecular flexibility index (Phi) is 4.65. The zero-order valence-corrected chi connectivity index (χ0v) is 12.5. The van der Waals surface area contributed by atoms with Gasteiger partial charge in [-0.05, 0) is 42.5 Å². The first-order valence-electron chi connectivity index (χ1n) is 6.81. The lowest BCUT2D eigenvalue weighted by molar-refractivity contribution is 0.0933. The first-order chi connectivity index (χ1) is 9.45. The molecule has 1 saturated heterocycles. The average molecular weight is 295 g/mol. The Morgan fingerprint density at radius 2 is 1.70 bits per heavy atom. The fourth-order valence-electron chi connectivity index (χ4n) is 2.68. The van der Waals surface area contributed by atoms with Crippen LogP contribution in [0.3, 0.4) is 0 Å². The van der Waals surface area contributed by atoms with Gasteiger partial charge in [-0.3, -0.25) is 10.1 Å². The highest BCUT2D eigenvalue weighted by Crippen LogP contribution is 2.20. The molecule has 2 unspecified atom stereocenters. The number of likely N-dealkylation sites (tertiary alicyclic amines) is 1. The number of urea groups is 1. The number of piperidine rings is 1. The number of hydrogen-bond acceptors (Lipinski definition) is 2. The number of nitrogens with one attached hydrogen (secondary N) is 1. The van der Waals surface area contributed by atoms with Gasteiger partial charge in [-0.15, -0.1) is 0 Å². The van der Waals surface area contributed by atoms with Crippen molar-refractivity contribution in [3.63, 3.8) is 0 Å². The smallest absolute Gasteiger partial charge is 0.324 e. The topological polar surface area (TPSA) is 49.4 Å². The van der Waals surface area contributed by atoms with Crippen LogP contribution in [0.2, 0.25) is 5.02 Å². The molecule has 0 aliphatic carbocycles. The molecule has 1 aliphatic heterocycles. The lowest BCUT2D eigenvalue weighted by Gasteiger charge is -2.34. The molecule has 1 fully saturated rings. The molecular weight excluding hydrogens is 276 g/mol. The molecule has 20 heavy (non-hydrogen) atoms. The number of imide groups is 1. The molecule has 2 atom stereocenters. The van der Waals surface area contributed by atoms with E-state index in [-0.39, 0.29) is 6.03 Å². The number of amides is 3. The van der Waals surface area contributed by atoms with E-state index in [1.807, 2.05) is 0 Å². The Morgan fingerprint density at radius 1 is 1.15 bits per heavy atom. The molecular formula is C15H19ClN2O2. The van der Waals surface area contributed by atoms with Crippen molar-refractivity contribution in [2.45, 2.75) is 20.3 Å². The molecule has 1 aromatic rings. The predicted molar refractivity (Wildman–Crippen MR) is 78.8 cm³/mol. The molecule has 1 aliphatic rings. The molecule has 0 bridgehead atoms. The summed E-state index contributed by atoms with van der Waals surface area (Å²) < 4.78 is 0. The third kappa shape index (κ3) is 3.73. The van der Waals surface area contributed by atoms with Gasteiger partial charge in [-0.2, -0.15) is 0 Å². The molecule has 5 heteroatoms. The minimum atomic E-state index is -0.391. The van der Waals surface area contributed by atoms with Gasteiger partial charge in [0.1, 0.15) is 0 Å². The van der Waals surface area contributed by atoms with Crippen LogP contribution in [0, 0.1) is 11.8 Å². The molecule has 1 aromatic carbocycles. The van der Waals surface area contributed by atoms with Gasteiger partial charge in [-0.25, -0.2) is 4.79 Å². The Labute approximate surface area is 124 Å². The third-order valence-corrected chi connectivity index (χ3v) is 3.73. The molecule has 0 saturated carbocycles. The van der Waals surface area contributed by atoms with E-state index >= 15 is 0 Å². The van der Waals surface area contributed by atoms with E-state index in [1.54, 1.807) is 29.2 Å². The summed E-state index contributed by atoms with van der Waals surface area (Å²) in [5, 5.41) is 2.99. The Hall–Kier alpha value is -1.55. The zero-order chi connectivity index (χ0) is 14.7. The summed E-state index contributed by atoms with van der Waals surface area (Å²) in [6.07, 6.45) is 1.12.